The SMILES string of the molecule is CCc1ccc(C(NC)c2ccc(Cl)cc2Cl)s1. The summed E-state index contributed by atoms with van der Waals surface area (Å²) in [7, 11) is 1.95. The van der Waals surface area contributed by atoms with Crippen molar-refractivity contribution in [1.29, 1.82) is 0 Å². The van der Waals surface area contributed by atoms with Crippen molar-refractivity contribution in [2.75, 3.05) is 7.05 Å². The maximum atomic E-state index is 6.27. The number of nitrogens with one attached hydrogen (secondary N) is 1. The van der Waals surface area contributed by atoms with Gasteiger partial charge in [0.25, 0.3) is 0 Å². The fraction of sp³-hybridized carbons (Fsp3) is 0.286. The lowest BCUT2D eigenvalue weighted by molar-refractivity contribution is 0.704. The van der Waals surface area contributed by atoms with Crippen LogP contribution in [0.15, 0.2) is 30.3 Å². The molecule has 1 aromatic carbocycles. The Labute approximate surface area is 122 Å². The fourth-order valence-electron chi connectivity index (χ4n) is 1.93. The van der Waals surface area contributed by atoms with Crippen molar-refractivity contribution in [2.45, 2.75) is 19.4 Å². The molecular weight excluding hydrogens is 285 g/mol. The summed E-state index contributed by atoms with van der Waals surface area (Å²) in [5.41, 5.74) is 1.06. The Hall–Kier alpha value is -0.540. The Balaban J connectivity index is 2.38. The van der Waals surface area contributed by atoms with Gasteiger partial charge in [-0.1, -0.05) is 36.2 Å². The van der Waals surface area contributed by atoms with E-state index in [0.717, 1.165) is 12.0 Å². The third kappa shape index (κ3) is 2.89. The lowest BCUT2D eigenvalue weighted by Gasteiger charge is -2.16. The Morgan fingerprint density at radius 1 is 1.22 bits per heavy atom. The first-order valence-corrected chi connectivity index (χ1v) is 7.43. The summed E-state index contributed by atoms with van der Waals surface area (Å²) in [4.78, 5) is 2.66. The molecule has 1 aromatic heterocycles. The fourth-order valence-corrected chi connectivity index (χ4v) is 3.53. The molecule has 0 aliphatic heterocycles. The maximum absolute atomic E-state index is 6.27. The Bertz CT molecular complexity index is 536. The number of aryl methyl sites for hydroxylation is 1. The normalized spacial score (nSPS) is 12.7. The van der Waals surface area contributed by atoms with Crippen molar-refractivity contribution >= 4 is 34.5 Å². The van der Waals surface area contributed by atoms with E-state index in [4.69, 9.17) is 23.2 Å². The summed E-state index contributed by atoms with van der Waals surface area (Å²) in [5, 5.41) is 4.68. The summed E-state index contributed by atoms with van der Waals surface area (Å²) in [6.07, 6.45) is 1.06. The Kier molecular flexibility index (Phi) is 4.68. The molecule has 2 rings (SSSR count). The molecule has 0 aliphatic carbocycles. The summed E-state index contributed by atoms with van der Waals surface area (Å²) in [5.74, 6) is 0. The zero-order valence-corrected chi connectivity index (χ0v) is 12.7. The molecule has 1 atom stereocenters. The van der Waals surface area contributed by atoms with Gasteiger partial charge in [0.05, 0.1) is 6.04 Å². The van der Waals surface area contributed by atoms with Crippen molar-refractivity contribution < 1.29 is 0 Å². The number of thiophene rings is 1. The molecule has 4 heteroatoms. The lowest BCUT2D eigenvalue weighted by atomic mass is 10.1. The van der Waals surface area contributed by atoms with E-state index in [0.29, 0.717) is 10.0 Å². The van der Waals surface area contributed by atoms with Crippen molar-refractivity contribution in [2.24, 2.45) is 0 Å². The molecule has 0 aliphatic rings. The molecule has 0 bridgehead atoms. The highest BCUT2D eigenvalue weighted by molar-refractivity contribution is 7.12. The zero-order chi connectivity index (χ0) is 13.1. The van der Waals surface area contributed by atoms with Gasteiger partial charge >= 0.3 is 0 Å². The molecule has 0 amide bonds. The third-order valence-electron chi connectivity index (χ3n) is 2.88. The largest absolute Gasteiger partial charge is 0.309 e. The van der Waals surface area contributed by atoms with E-state index in [2.05, 4.69) is 24.4 Å². The topological polar surface area (TPSA) is 12.0 Å². The first-order chi connectivity index (χ1) is 8.65. The highest BCUT2D eigenvalue weighted by Gasteiger charge is 2.17. The van der Waals surface area contributed by atoms with Crippen molar-refractivity contribution in [1.82, 2.24) is 5.32 Å². The highest BCUT2D eigenvalue weighted by atomic mass is 35.5. The van der Waals surface area contributed by atoms with Crippen LogP contribution in [0.1, 0.15) is 28.3 Å². The predicted octanol–water partition coefficient (Wildman–Crippen LogP) is 4.93. The Morgan fingerprint density at radius 3 is 2.56 bits per heavy atom. The summed E-state index contributed by atoms with van der Waals surface area (Å²) in [6, 6.07) is 10.1. The van der Waals surface area contributed by atoms with Crippen LogP contribution in [0, 0.1) is 0 Å². The molecule has 0 fully saturated rings. The molecule has 18 heavy (non-hydrogen) atoms. The van der Waals surface area contributed by atoms with Crippen LogP contribution in [0.5, 0.6) is 0 Å². The van der Waals surface area contributed by atoms with Crippen LogP contribution in [0.25, 0.3) is 0 Å². The van der Waals surface area contributed by atoms with Crippen LogP contribution < -0.4 is 5.32 Å². The average Bonchev–Trinajstić information content (AvgIpc) is 2.81. The van der Waals surface area contributed by atoms with Crippen molar-refractivity contribution in [3.05, 3.63) is 55.7 Å². The van der Waals surface area contributed by atoms with Crippen LogP contribution in [-0.4, -0.2) is 7.05 Å². The van der Waals surface area contributed by atoms with Gasteiger partial charge < -0.3 is 5.32 Å². The monoisotopic (exact) mass is 299 g/mol. The molecule has 2 aromatic rings. The highest BCUT2D eigenvalue weighted by Crippen LogP contribution is 2.33. The first-order valence-electron chi connectivity index (χ1n) is 5.86. The minimum Gasteiger partial charge on any atom is -0.309 e. The molecule has 1 N–H and O–H groups in total. The van der Waals surface area contributed by atoms with Gasteiger partial charge in [-0.05, 0) is 43.3 Å². The Morgan fingerprint density at radius 2 is 2.00 bits per heavy atom. The van der Waals surface area contributed by atoms with Gasteiger partial charge in [-0.15, -0.1) is 11.3 Å². The van der Waals surface area contributed by atoms with E-state index in [1.807, 2.05) is 30.5 Å². The van der Waals surface area contributed by atoms with Crippen LogP contribution in [0.2, 0.25) is 10.0 Å². The molecule has 1 heterocycles. The second-order valence-electron chi connectivity index (χ2n) is 4.05. The summed E-state index contributed by atoms with van der Waals surface area (Å²) < 4.78 is 0. The van der Waals surface area contributed by atoms with Crippen LogP contribution in [-0.2, 0) is 6.42 Å². The average molecular weight is 300 g/mol. The standard InChI is InChI=1S/C14H15Cl2NS/c1-3-10-5-7-13(18-10)14(17-2)11-6-4-9(15)8-12(11)16/h4-8,14,17H,3H2,1-2H3. The van der Waals surface area contributed by atoms with E-state index >= 15 is 0 Å². The lowest BCUT2D eigenvalue weighted by Crippen LogP contribution is -2.16. The van der Waals surface area contributed by atoms with Gasteiger partial charge in [-0.25, -0.2) is 0 Å². The predicted molar refractivity (Wildman–Crippen MR) is 81.1 cm³/mol. The van der Waals surface area contributed by atoms with E-state index in [1.165, 1.54) is 9.75 Å². The second-order valence-corrected chi connectivity index (χ2v) is 6.09. The van der Waals surface area contributed by atoms with Gasteiger partial charge in [0, 0.05) is 19.8 Å². The van der Waals surface area contributed by atoms with E-state index in [-0.39, 0.29) is 6.04 Å². The third-order valence-corrected chi connectivity index (χ3v) is 4.73. The van der Waals surface area contributed by atoms with Crippen LogP contribution >= 0.6 is 34.5 Å². The summed E-state index contributed by atoms with van der Waals surface area (Å²) >= 11 is 14.0. The number of halogens is 2. The number of rotatable bonds is 4. The minimum absolute atomic E-state index is 0.125. The van der Waals surface area contributed by atoms with Crippen LogP contribution in [0.3, 0.4) is 0 Å². The van der Waals surface area contributed by atoms with E-state index in [1.54, 1.807) is 6.07 Å². The zero-order valence-electron chi connectivity index (χ0n) is 10.3. The van der Waals surface area contributed by atoms with Gasteiger partial charge in [-0.3, -0.25) is 0 Å². The van der Waals surface area contributed by atoms with Gasteiger partial charge in [0.1, 0.15) is 0 Å². The van der Waals surface area contributed by atoms with E-state index < -0.39 is 0 Å². The number of hydrogen-bond acceptors (Lipinski definition) is 2. The summed E-state index contributed by atoms with van der Waals surface area (Å²) in [6.45, 7) is 2.17. The quantitative estimate of drug-likeness (QED) is 0.844. The van der Waals surface area contributed by atoms with Crippen molar-refractivity contribution in [3.63, 3.8) is 0 Å². The molecule has 0 radical (unpaired) electrons. The number of hydrogen-bond donors (Lipinski definition) is 1. The first kappa shape index (κ1) is 13.9. The second kappa shape index (κ2) is 6.07. The minimum atomic E-state index is 0.125. The molecule has 0 saturated carbocycles. The van der Waals surface area contributed by atoms with Gasteiger partial charge in [0.2, 0.25) is 0 Å². The smallest absolute Gasteiger partial charge is 0.0683 e. The van der Waals surface area contributed by atoms with E-state index in [9.17, 15) is 0 Å². The van der Waals surface area contributed by atoms with Crippen LogP contribution in [0.4, 0.5) is 0 Å². The molecule has 0 spiro atoms. The van der Waals surface area contributed by atoms with Gasteiger partial charge in [-0.2, -0.15) is 0 Å². The van der Waals surface area contributed by atoms with Gasteiger partial charge in [0.15, 0.2) is 0 Å². The molecule has 96 valence electrons. The molecule has 1 unspecified atom stereocenters. The van der Waals surface area contributed by atoms with Crippen molar-refractivity contribution in [3.8, 4) is 0 Å². The molecule has 0 saturated heterocycles. The molecule has 1 nitrogen and oxygen atoms in total. The number of benzene rings is 1. The molecular formula is C14H15Cl2NS. The maximum Gasteiger partial charge on any atom is 0.0683 e.